The predicted octanol–water partition coefficient (Wildman–Crippen LogP) is 1.78. The lowest BCUT2D eigenvalue weighted by atomic mass is 9.91. The second kappa shape index (κ2) is 9.02. The van der Waals surface area contributed by atoms with Crippen molar-refractivity contribution in [2.45, 2.75) is 32.7 Å². The average molecular weight is 334 g/mol. The third kappa shape index (κ3) is 6.93. The molecule has 0 aliphatic heterocycles. The first kappa shape index (κ1) is 19.9. The minimum atomic E-state index is -0.432. The number of thiophene rings is 1. The number of nitrogens with two attached hydrogens (primary N) is 1. The molecule has 1 rings (SSSR count). The topological polar surface area (TPSA) is 84.2 Å². The van der Waals surface area contributed by atoms with Crippen LogP contribution in [0.2, 0.25) is 0 Å². The van der Waals surface area contributed by atoms with Crippen LogP contribution in [0.15, 0.2) is 17.5 Å². The van der Waals surface area contributed by atoms with Gasteiger partial charge in [-0.2, -0.15) is 0 Å². The van der Waals surface area contributed by atoms with E-state index in [1.807, 2.05) is 12.3 Å². The first-order valence-electron chi connectivity index (χ1n) is 6.69. The molecule has 5 nitrogen and oxygen atoms in total. The monoisotopic (exact) mass is 333 g/mol. The molecule has 0 aliphatic rings. The standard InChI is InChI=1S/C14H23N3O2S.ClH/c1-10(2)7-14(3,9-15)17-12(18)8-16-13(19)11-5-4-6-20-11;/h4-6,10H,7-9,15H2,1-3H3,(H,16,19)(H,17,18);1H. The summed E-state index contributed by atoms with van der Waals surface area (Å²) in [6.45, 7) is 6.42. The minimum Gasteiger partial charge on any atom is -0.348 e. The summed E-state index contributed by atoms with van der Waals surface area (Å²) >= 11 is 1.35. The van der Waals surface area contributed by atoms with Crippen LogP contribution in [0.1, 0.15) is 36.9 Å². The molecule has 7 heteroatoms. The summed E-state index contributed by atoms with van der Waals surface area (Å²) in [7, 11) is 0. The Kier molecular flexibility index (Phi) is 8.54. The second-order valence-corrected chi connectivity index (χ2v) is 6.52. The van der Waals surface area contributed by atoms with Crippen LogP contribution in [0.5, 0.6) is 0 Å². The summed E-state index contributed by atoms with van der Waals surface area (Å²) in [5.74, 6) is -0.0125. The van der Waals surface area contributed by atoms with Gasteiger partial charge in [0.2, 0.25) is 5.91 Å². The lowest BCUT2D eigenvalue weighted by Gasteiger charge is -2.31. The van der Waals surface area contributed by atoms with E-state index < -0.39 is 5.54 Å². The second-order valence-electron chi connectivity index (χ2n) is 5.57. The molecule has 4 N–H and O–H groups in total. The fourth-order valence-corrected chi connectivity index (χ4v) is 2.76. The van der Waals surface area contributed by atoms with E-state index in [0.717, 1.165) is 6.42 Å². The van der Waals surface area contributed by atoms with Gasteiger partial charge >= 0.3 is 0 Å². The maximum Gasteiger partial charge on any atom is 0.261 e. The van der Waals surface area contributed by atoms with Crippen molar-refractivity contribution in [2.75, 3.05) is 13.1 Å². The highest BCUT2D eigenvalue weighted by Crippen LogP contribution is 2.15. The van der Waals surface area contributed by atoms with Crippen LogP contribution in [-0.2, 0) is 4.79 Å². The van der Waals surface area contributed by atoms with Crippen LogP contribution >= 0.6 is 23.7 Å². The van der Waals surface area contributed by atoms with Gasteiger partial charge in [0.05, 0.1) is 11.4 Å². The summed E-state index contributed by atoms with van der Waals surface area (Å²) in [5, 5.41) is 7.33. The molecule has 1 heterocycles. The van der Waals surface area contributed by atoms with E-state index in [1.165, 1.54) is 11.3 Å². The Bertz CT molecular complexity index is 451. The Morgan fingerprint density at radius 1 is 1.43 bits per heavy atom. The normalized spacial score (nSPS) is 13.2. The molecule has 1 aromatic rings. The summed E-state index contributed by atoms with van der Waals surface area (Å²) < 4.78 is 0. The third-order valence-corrected chi connectivity index (χ3v) is 3.77. The molecule has 0 aliphatic carbocycles. The molecule has 21 heavy (non-hydrogen) atoms. The fraction of sp³-hybridized carbons (Fsp3) is 0.571. The molecular weight excluding hydrogens is 310 g/mol. The Morgan fingerprint density at radius 3 is 2.57 bits per heavy atom. The van der Waals surface area contributed by atoms with Crippen LogP contribution < -0.4 is 16.4 Å². The van der Waals surface area contributed by atoms with E-state index in [9.17, 15) is 9.59 Å². The smallest absolute Gasteiger partial charge is 0.261 e. The summed E-state index contributed by atoms with van der Waals surface area (Å²) in [6.07, 6.45) is 0.800. The first-order chi connectivity index (χ1) is 9.36. The lowest BCUT2D eigenvalue weighted by molar-refractivity contribution is -0.121. The molecule has 0 bridgehead atoms. The Morgan fingerprint density at radius 2 is 2.10 bits per heavy atom. The molecule has 0 fully saturated rings. The van der Waals surface area contributed by atoms with Crippen LogP contribution in [0.25, 0.3) is 0 Å². The lowest BCUT2D eigenvalue weighted by Crippen LogP contribution is -2.54. The van der Waals surface area contributed by atoms with Crippen LogP contribution in [0, 0.1) is 5.92 Å². The van der Waals surface area contributed by atoms with Gasteiger partial charge in [-0.05, 0) is 30.7 Å². The largest absolute Gasteiger partial charge is 0.348 e. The van der Waals surface area contributed by atoms with E-state index in [-0.39, 0.29) is 30.8 Å². The fourth-order valence-electron chi connectivity index (χ4n) is 2.12. The van der Waals surface area contributed by atoms with Crippen molar-refractivity contribution >= 4 is 35.6 Å². The number of amides is 2. The van der Waals surface area contributed by atoms with Crippen molar-refractivity contribution in [3.05, 3.63) is 22.4 Å². The number of rotatable bonds is 7. The highest BCUT2D eigenvalue weighted by atomic mass is 35.5. The van der Waals surface area contributed by atoms with Gasteiger partial charge < -0.3 is 16.4 Å². The third-order valence-electron chi connectivity index (χ3n) is 2.90. The molecule has 1 aromatic heterocycles. The van der Waals surface area contributed by atoms with Crippen molar-refractivity contribution in [1.29, 1.82) is 0 Å². The SMILES string of the molecule is CC(C)CC(C)(CN)NC(=O)CNC(=O)c1cccs1.Cl. The summed E-state index contributed by atoms with van der Waals surface area (Å²) in [5.41, 5.74) is 5.30. The molecule has 1 atom stereocenters. The van der Waals surface area contributed by atoms with E-state index in [1.54, 1.807) is 12.1 Å². The van der Waals surface area contributed by atoms with Crippen LogP contribution in [0.4, 0.5) is 0 Å². The first-order valence-corrected chi connectivity index (χ1v) is 7.57. The van der Waals surface area contributed by atoms with Gasteiger partial charge in [-0.15, -0.1) is 23.7 Å². The molecule has 0 aromatic carbocycles. The Labute approximate surface area is 136 Å². The zero-order chi connectivity index (χ0) is 15.2. The number of carbonyl (C=O) groups excluding carboxylic acids is 2. The zero-order valence-corrected chi connectivity index (χ0v) is 14.3. The van der Waals surface area contributed by atoms with Crippen molar-refractivity contribution in [3.63, 3.8) is 0 Å². The molecule has 1 unspecified atom stereocenters. The number of halogens is 1. The highest BCUT2D eigenvalue weighted by molar-refractivity contribution is 7.12. The van der Waals surface area contributed by atoms with Crippen LogP contribution in [0.3, 0.4) is 0 Å². The Balaban J connectivity index is 0.00000400. The average Bonchev–Trinajstić information content (AvgIpc) is 2.88. The maximum atomic E-state index is 11.9. The summed E-state index contributed by atoms with van der Waals surface area (Å²) in [4.78, 5) is 24.2. The number of hydrogen-bond acceptors (Lipinski definition) is 4. The highest BCUT2D eigenvalue weighted by Gasteiger charge is 2.25. The summed E-state index contributed by atoms with van der Waals surface area (Å²) in [6, 6.07) is 3.52. The molecule has 0 saturated carbocycles. The maximum absolute atomic E-state index is 11.9. The molecular formula is C14H24ClN3O2S. The Hall–Kier alpha value is -1.11. The zero-order valence-electron chi connectivity index (χ0n) is 12.6. The minimum absolute atomic E-state index is 0. The van der Waals surface area contributed by atoms with Crippen molar-refractivity contribution < 1.29 is 9.59 Å². The van der Waals surface area contributed by atoms with E-state index >= 15 is 0 Å². The van der Waals surface area contributed by atoms with Gasteiger partial charge in [0.25, 0.3) is 5.91 Å². The van der Waals surface area contributed by atoms with Gasteiger partial charge in [-0.3, -0.25) is 9.59 Å². The van der Waals surface area contributed by atoms with Gasteiger partial charge in [-0.25, -0.2) is 0 Å². The predicted molar refractivity (Wildman–Crippen MR) is 89.0 cm³/mol. The van der Waals surface area contributed by atoms with E-state index in [0.29, 0.717) is 17.3 Å². The number of hydrogen-bond donors (Lipinski definition) is 3. The van der Waals surface area contributed by atoms with Gasteiger partial charge in [0.1, 0.15) is 0 Å². The van der Waals surface area contributed by atoms with Crippen LogP contribution in [-0.4, -0.2) is 30.4 Å². The van der Waals surface area contributed by atoms with Gasteiger partial charge in [0, 0.05) is 12.1 Å². The number of nitrogens with one attached hydrogen (secondary N) is 2. The molecule has 0 spiro atoms. The molecule has 120 valence electrons. The quantitative estimate of drug-likeness (QED) is 0.711. The van der Waals surface area contributed by atoms with Gasteiger partial charge in [0.15, 0.2) is 0 Å². The van der Waals surface area contributed by atoms with Crippen molar-refractivity contribution in [1.82, 2.24) is 10.6 Å². The number of carbonyl (C=O) groups is 2. The van der Waals surface area contributed by atoms with Crippen molar-refractivity contribution in [3.8, 4) is 0 Å². The molecule has 0 saturated heterocycles. The van der Waals surface area contributed by atoms with E-state index in [2.05, 4.69) is 24.5 Å². The van der Waals surface area contributed by atoms with Gasteiger partial charge in [-0.1, -0.05) is 19.9 Å². The van der Waals surface area contributed by atoms with Crippen molar-refractivity contribution in [2.24, 2.45) is 11.7 Å². The molecule has 2 amide bonds. The molecule has 0 radical (unpaired) electrons. The van der Waals surface area contributed by atoms with E-state index in [4.69, 9.17) is 5.73 Å².